The maximum Gasteiger partial charge on any atom is 0.331 e. The zero-order chi connectivity index (χ0) is 17.1. The van der Waals surface area contributed by atoms with E-state index < -0.39 is 12.0 Å². The lowest BCUT2D eigenvalue weighted by molar-refractivity contribution is -0.151. The molecule has 6 heteroatoms. The van der Waals surface area contributed by atoms with Crippen molar-refractivity contribution in [3.63, 3.8) is 0 Å². The summed E-state index contributed by atoms with van der Waals surface area (Å²) in [5, 5.41) is 12.4. The van der Waals surface area contributed by atoms with E-state index in [0.29, 0.717) is 31.5 Å². The summed E-state index contributed by atoms with van der Waals surface area (Å²) in [6.45, 7) is 0.879. The number of aliphatic carboxylic acids is 1. The van der Waals surface area contributed by atoms with Crippen LogP contribution in [0.15, 0.2) is 24.3 Å². The third-order valence-electron chi connectivity index (χ3n) is 4.65. The van der Waals surface area contributed by atoms with Crippen molar-refractivity contribution >= 4 is 17.8 Å². The molecule has 1 heterocycles. The molecule has 128 valence electrons. The lowest BCUT2D eigenvalue weighted by Gasteiger charge is -2.34. The fourth-order valence-electron chi connectivity index (χ4n) is 3.19. The minimum Gasteiger partial charge on any atom is -0.479 e. The second-order valence-corrected chi connectivity index (χ2v) is 6.45. The van der Waals surface area contributed by atoms with Gasteiger partial charge in [-0.05, 0) is 36.8 Å². The normalized spacial score (nSPS) is 19.5. The van der Waals surface area contributed by atoms with Crippen LogP contribution in [0.2, 0.25) is 0 Å². The minimum absolute atomic E-state index is 0.0674. The van der Waals surface area contributed by atoms with Gasteiger partial charge < -0.3 is 15.3 Å². The Balaban J connectivity index is 1.57. The second-order valence-electron chi connectivity index (χ2n) is 6.45. The first-order valence-electron chi connectivity index (χ1n) is 8.45. The Kier molecular flexibility index (Phi) is 4.83. The minimum atomic E-state index is -1.00. The average Bonchev–Trinajstić information content (AvgIpc) is 3.42. The van der Waals surface area contributed by atoms with Crippen LogP contribution in [0.4, 0.5) is 0 Å². The number of benzene rings is 1. The molecule has 2 amide bonds. The van der Waals surface area contributed by atoms with Crippen LogP contribution in [-0.2, 0) is 20.8 Å². The number of nitrogens with zero attached hydrogens (tertiary/aromatic N) is 1. The summed E-state index contributed by atoms with van der Waals surface area (Å²) >= 11 is 0. The molecule has 1 fully saturated rings. The lowest BCUT2D eigenvalue weighted by atomic mass is 9.92. The number of carbonyl (C=O) groups is 3. The summed E-state index contributed by atoms with van der Waals surface area (Å²) in [5.41, 5.74) is 1.69. The molecule has 1 unspecified atom stereocenters. The predicted molar refractivity (Wildman–Crippen MR) is 87.2 cm³/mol. The van der Waals surface area contributed by atoms with Gasteiger partial charge in [0.25, 0.3) is 0 Å². The molecule has 24 heavy (non-hydrogen) atoms. The Morgan fingerprint density at radius 1 is 1.21 bits per heavy atom. The molecule has 1 aromatic rings. The quantitative estimate of drug-likeness (QED) is 0.774. The highest BCUT2D eigenvalue weighted by molar-refractivity contribution is 5.85. The Morgan fingerprint density at radius 3 is 2.67 bits per heavy atom. The fraction of sp³-hybridized carbons (Fsp3) is 0.500. The molecule has 0 aromatic heterocycles. The molecule has 1 atom stereocenters. The van der Waals surface area contributed by atoms with Gasteiger partial charge >= 0.3 is 5.97 Å². The van der Waals surface area contributed by atoms with Crippen molar-refractivity contribution in [2.75, 3.05) is 13.1 Å². The first-order chi connectivity index (χ1) is 11.6. The number of hydrogen-bond donors (Lipinski definition) is 2. The second kappa shape index (κ2) is 7.03. The van der Waals surface area contributed by atoms with E-state index in [1.54, 1.807) is 12.1 Å². The summed E-state index contributed by atoms with van der Waals surface area (Å²) in [4.78, 5) is 37.1. The Bertz CT molecular complexity index is 654. The molecule has 1 saturated carbocycles. The number of carboxylic acid groups (broad SMARTS) is 1. The number of hydrogen-bond acceptors (Lipinski definition) is 3. The van der Waals surface area contributed by atoms with Gasteiger partial charge in [0.1, 0.15) is 0 Å². The number of amides is 2. The third-order valence-corrected chi connectivity index (χ3v) is 4.65. The van der Waals surface area contributed by atoms with Crippen molar-refractivity contribution in [1.82, 2.24) is 10.2 Å². The summed E-state index contributed by atoms with van der Waals surface area (Å²) in [5.74, 6) is -0.941. The van der Waals surface area contributed by atoms with E-state index in [4.69, 9.17) is 0 Å². The van der Waals surface area contributed by atoms with Gasteiger partial charge in [-0.15, -0.1) is 0 Å². The van der Waals surface area contributed by atoms with Crippen molar-refractivity contribution in [2.24, 2.45) is 5.92 Å². The Morgan fingerprint density at radius 2 is 1.96 bits per heavy atom. The maximum absolute atomic E-state index is 12.5. The zero-order valence-electron chi connectivity index (χ0n) is 13.5. The van der Waals surface area contributed by atoms with Crippen LogP contribution >= 0.6 is 0 Å². The van der Waals surface area contributed by atoms with E-state index in [0.717, 1.165) is 18.4 Å². The molecule has 0 radical (unpaired) electrons. The van der Waals surface area contributed by atoms with Crippen molar-refractivity contribution < 1.29 is 19.5 Å². The van der Waals surface area contributed by atoms with Gasteiger partial charge in [-0.1, -0.05) is 24.3 Å². The number of carbonyl (C=O) groups excluding carboxylic acids is 2. The van der Waals surface area contributed by atoms with E-state index in [1.165, 1.54) is 4.90 Å². The van der Waals surface area contributed by atoms with Gasteiger partial charge in [-0.2, -0.15) is 0 Å². The molecule has 6 nitrogen and oxygen atoms in total. The molecule has 0 bridgehead atoms. The molecular weight excluding hydrogens is 308 g/mol. The summed E-state index contributed by atoms with van der Waals surface area (Å²) in [6.07, 6.45) is 3.36. The maximum atomic E-state index is 12.5. The summed E-state index contributed by atoms with van der Waals surface area (Å²) in [6, 6.07) is 6.47. The van der Waals surface area contributed by atoms with Gasteiger partial charge in [0.05, 0.1) is 0 Å². The molecule has 0 saturated heterocycles. The molecule has 0 spiro atoms. The Labute approximate surface area is 140 Å². The molecule has 2 aliphatic rings. The smallest absolute Gasteiger partial charge is 0.331 e. The topological polar surface area (TPSA) is 86.7 Å². The third kappa shape index (κ3) is 3.58. The number of carboxylic acids is 1. The standard InChI is InChI=1S/C18H22N2O4/c21-15(6-3-10-19-17(22)13-7-8-13)20-11-9-12-4-1-2-5-14(12)16(20)18(23)24/h1-2,4-5,13,16H,3,6-11H2,(H,19,22)(H,23,24). The van der Waals surface area contributed by atoms with Gasteiger partial charge in [-0.25, -0.2) is 4.79 Å². The van der Waals surface area contributed by atoms with Crippen molar-refractivity contribution in [2.45, 2.75) is 38.1 Å². The van der Waals surface area contributed by atoms with Crippen LogP contribution in [0.25, 0.3) is 0 Å². The van der Waals surface area contributed by atoms with Crippen LogP contribution in [-0.4, -0.2) is 40.9 Å². The molecule has 1 aliphatic heterocycles. The van der Waals surface area contributed by atoms with Crippen LogP contribution < -0.4 is 5.32 Å². The monoisotopic (exact) mass is 330 g/mol. The van der Waals surface area contributed by atoms with Crippen molar-refractivity contribution in [3.8, 4) is 0 Å². The van der Waals surface area contributed by atoms with Gasteiger partial charge in [0.2, 0.25) is 11.8 Å². The molecule has 1 aliphatic carbocycles. The molecule has 1 aromatic carbocycles. The van der Waals surface area contributed by atoms with Gasteiger partial charge in [-0.3, -0.25) is 9.59 Å². The Hall–Kier alpha value is -2.37. The predicted octanol–water partition coefficient (Wildman–Crippen LogP) is 1.50. The highest BCUT2D eigenvalue weighted by Gasteiger charge is 2.35. The first-order valence-corrected chi connectivity index (χ1v) is 8.45. The zero-order valence-corrected chi connectivity index (χ0v) is 13.5. The van der Waals surface area contributed by atoms with Gasteiger partial charge in [0.15, 0.2) is 6.04 Å². The van der Waals surface area contributed by atoms with Gasteiger partial charge in [0, 0.05) is 25.4 Å². The number of rotatable bonds is 6. The lowest BCUT2D eigenvalue weighted by Crippen LogP contribution is -2.43. The molecule has 3 rings (SSSR count). The van der Waals surface area contributed by atoms with E-state index in [1.807, 2.05) is 12.1 Å². The SMILES string of the molecule is O=C(NCCCC(=O)N1CCc2ccccc2C1C(=O)O)C1CC1. The largest absolute Gasteiger partial charge is 0.479 e. The van der Waals surface area contributed by atoms with E-state index in [-0.39, 0.29) is 24.2 Å². The van der Waals surface area contributed by atoms with E-state index >= 15 is 0 Å². The first kappa shape index (κ1) is 16.5. The fourth-order valence-corrected chi connectivity index (χ4v) is 3.19. The summed E-state index contributed by atoms with van der Waals surface area (Å²) < 4.78 is 0. The van der Waals surface area contributed by atoms with Crippen molar-refractivity contribution in [1.29, 1.82) is 0 Å². The van der Waals surface area contributed by atoms with Crippen LogP contribution in [0.1, 0.15) is 42.9 Å². The van der Waals surface area contributed by atoms with E-state index in [9.17, 15) is 19.5 Å². The highest BCUT2D eigenvalue weighted by Crippen LogP contribution is 2.31. The van der Waals surface area contributed by atoms with Crippen LogP contribution in [0.3, 0.4) is 0 Å². The van der Waals surface area contributed by atoms with Crippen LogP contribution in [0, 0.1) is 5.92 Å². The molecular formula is C18H22N2O4. The number of fused-ring (bicyclic) bond motifs is 1. The highest BCUT2D eigenvalue weighted by atomic mass is 16.4. The van der Waals surface area contributed by atoms with E-state index in [2.05, 4.69) is 5.32 Å². The summed E-state index contributed by atoms with van der Waals surface area (Å²) in [7, 11) is 0. The van der Waals surface area contributed by atoms with Crippen LogP contribution in [0.5, 0.6) is 0 Å². The number of nitrogens with one attached hydrogen (secondary N) is 1. The molecule has 2 N–H and O–H groups in total. The van der Waals surface area contributed by atoms with Crippen molar-refractivity contribution in [3.05, 3.63) is 35.4 Å². The average molecular weight is 330 g/mol.